The molecule has 2 aromatic carbocycles. The highest BCUT2D eigenvalue weighted by Crippen LogP contribution is 2.48. The van der Waals surface area contributed by atoms with Crippen LogP contribution in [-0.2, 0) is 4.74 Å². The van der Waals surface area contributed by atoms with Crippen LogP contribution >= 0.6 is 0 Å². The summed E-state index contributed by atoms with van der Waals surface area (Å²) in [6, 6.07) is 16.7. The molecule has 2 aliphatic rings. The third kappa shape index (κ3) is 4.65. The van der Waals surface area contributed by atoms with E-state index < -0.39 is 0 Å². The van der Waals surface area contributed by atoms with E-state index in [4.69, 9.17) is 16.2 Å². The molecule has 27 heavy (non-hydrogen) atoms. The van der Waals surface area contributed by atoms with Crippen LogP contribution in [0.15, 0.2) is 48.5 Å². The summed E-state index contributed by atoms with van der Waals surface area (Å²) in [4.78, 5) is 0. The van der Waals surface area contributed by atoms with Crippen LogP contribution in [0.1, 0.15) is 62.5 Å². The summed E-state index contributed by atoms with van der Waals surface area (Å²) in [5.41, 5.74) is 16.0. The van der Waals surface area contributed by atoms with Crippen LogP contribution < -0.4 is 11.5 Å². The zero-order valence-electron chi connectivity index (χ0n) is 16.5. The van der Waals surface area contributed by atoms with E-state index in [0.717, 1.165) is 23.2 Å². The van der Waals surface area contributed by atoms with Crippen molar-refractivity contribution in [1.82, 2.24) is 0 Å². The number of ether oxygens (including phenoxy) is 1. The maximum atomic E-state index is 6.37. The van der Waals surface area contributed by atoms with E-state index in [1.807, 2.05) is 24.3 Å². The van der Waals surface area contributed by atoms with Gasteiger partial charge in [-0.1, -0.05) is 38.1 Å². The number of hydrogen-bond acceptors (Lipinski definition) is 3. The molecule has 4 rings (SSSR count). The fourth-order valence-electron chi connectivity index (χ4n) is 4.32. The van der Waals surface area contributed by atoms with Crippen molar-refractivity contribution in [1.29, 1.82) is 0 Å². The smallest absolute Gasteiger partial charge is 0.0612 e. The van der Waals surface area contributed by atoms with E-state index in [1.165, 1.54) is 36.8 Å². The van der Waals surface area contributed by atoms with Crippen molar-refractivity contribution in [2.45, 2.75) is 63.6 Å². The van der Waals surface area contributed by atoms with Crippen LogP contribution in [0.5, 0.6) is 0 Å². The molecule has 0 heterocycles. The van der Waals surface area contributed by atoms with Gasteiger partial charge in [-0.05, 0) is 84.7 Å². The zero-order valence-corrected chi connectivity index (χ0v) is 16.5. The average molecular weight is 365 g/mol. The minimum atomic E-state index is 0.489. The molecule has 0 saturated heterocycles. The second kappa shape index (κ2) is 7.55. The number of nitrogens with two attached hydrogens (primary N) is 2. The molecule has 3 heteroatoms. The molecule has 144 valence electrons. The Balaban J connectivity index is 1.19. The number of anilines is 2. The van der Waals surface area contributed by atoms with Gasteiger partial charge in [-0.3, -0.25) is 0 Å². The number of hydrogen-bond donors (Lipinski definition) is 2. The van der Waals surface area contributed by atoms with Crippen LogP contribution in [0, 0.1) is 11.8 Å². The van der Waals surface area contributed by atoms with Crippen molar-refractivity contribution in [2.75, 3.05) is 11.5 Å². The van der Waals surface area contributed by atoms with Crippen molar-refractivity contribution in [3.8, 4) is 0 Å². The van der Waals surface area contributed by atoms with Crippen molar-refractivity contribution < 1.29 is 4.74 Å². The largest absolute Gasteiger partial charge is 0.399 e. The standard InChI is InChI=1S/C24H32N2O/c1-15(17-3-7-21(25)8-4-17)11-19-13-23(19)27-24-14-20(24)12-16(2)18-5-9-22(26)10-6-18/h3-10,15-16,19-20,23-24H,11-14,25-26H2,1-2H3/t15-,16-,19?,20?,23?,24?/m1/s1. The first kappa shape index (κ1) is 18.4. The van der Waals surface area contributed by atoms with Gasteiger partial charge in [0.1, 0.15) is 0 Å². The molecule has 3 nitrogen and oxygen atoms in total. The molecule has 4 unspecified atom stereocenters. The Hall–Kier alpha value is -2.00. The number of nitrogen functional groups attached to an aromatic ring is 2. The van der Waals surface area contributed by atoms with Gasteiger partial charge < -0.3 is 16.2 Å². The van der Waals surface area contributed by atoms with Crippen molar-refractivity contribution >= 4 is 11.4 Å². The third-order valence-electron chi connectivity index (χ3n) is 6.39. The van der Waals surface area contributed by atoms with Gasteiger partial charge in [-0.25, -0.2) is 0 Å². The summed E-state index contributed by atoms with van der Waals surface area (Å²) < 4.78 is 6.37. The maximum Gasteiger partial charge on any atom is 0.0612 e. The van der Waals surface area contributed by atoms with E-state index in [1.54, 1.807) is 0 Å². The minimum Gasteiger partial charge on any atom is -0.399 e. The lowest BCUT2D eigenvalue weighted by molar-refractivity contribution is 0.0814. The normalized spacial score (nSPS) is 28.5. The van der Waals surface area contributed by atoms with Gasteiger partial charge >= 0.3 is 0 Å². The fraction of sp³-hybridized carbons (Fsp3) is 0.500. The van der Waals surface area contributed by atoms with E-state index in [2.05, 4.69) is 38.1 Å². The molecule has 2 saturated carbocycles. The van der Waals surface area contributed by atoms with Crippen molar-refractivity contribution in [2.24, 2.45) is 11.8 Å². The molecule has 4 N–H and O–H groups in total. The molecule has 0 bridgehead atoms. The Kier molecular flexibility index (Phi) is 5.14. The van der Waals surface area contributed by atoms with Crippen LogP contribution in [0.4, 0.5) is 11.4 Å². The molecular weight excluding hydrogens is 332 g/mol. The first-order chi connectivity index (χ1) is 13.0. The average Bonchev–Trinajstić information content (AvgIpc) is 3.56. The Bertz CT molecular complexity index is 689. The predicted molar refractivity (Wildman–Crippen MR) is 113 cm³/mol. The molecular formula is C24H32N2O. The van der Waals surface area contributed by atoms with Crippen molar-refractivity contribution in [3.63, 3.8) is 0 Å². The quantitative estimate of drug-likeness (QED) is 0.622. The molecule has 0 amide bonds. The number of rotatable bonds is 8. The highest BCUT2D eigenvalue weighted by molar-refractivity contribution is 5.41. The summed E-state index contributed by atoms with van der Waals surface area (Å²) in [6.45, 7) is 4.63. The number of benzene rings is 2. The molecule has 0 radical (unpaired) electrons. The van der Waals surface area contributed by atoms with Gasteiger partial charge in [0.25, 0.3) is 0 Å². The highest BCUT2D eigenvalue weighted by Gasteiger charge is 2.47. The minimum absolute atomic E-state index is 0.489. The first-order valence-electron chi connectivity index (χ1n) is 10.4. The SMILES string of the molecule is C[C@H](CC1CC1OC1CC1C[C@@H](C)c1ccc(N)cc1)c1ccc(N)cc1. The molecule has 6 atom stereocenters. The Morgan fingerprint density at radius 1 is 0.741 bits per heavy atom. The second-order valence-corrected chi connectivity index (χ2v) is 8.81. The summed E-state index contributed by atoms with van der Waals surface area (Å²) in [6.07, 6.45) is 5.87. The predicted octanol–water partition coefficient (Wildman–Crippen LogP) is 5.33. The second-order valence-electron chi connectivity index (χ2n) is 8.81. The maximum absolute atomic E-state index is 6.37. The Morgan fingerprint density at radius 2 is 1.11 bits per heavy atom. The van der Waals surface area contributed by atoms with E-state index in [-0.39, 0.29) is 0 Å². The summed E-state index contributed by atoms with van der Waals surface area (Å²) in [5.74, 6) is 2.61. The first-order valence-corrected chi connectivity index (χ1v) is 10.4. The van der Waals surface area contributed by atoms with Crippen LogP contribution in [0.25, 0.3) is 0 Å². The molecule has 2 fully saturated rings. The monoisotopic (exact) mass is 364 g/mol. The van der Waals surface area contributed by atoms with E-state index in [9.17, 15) is 0 Å². The topological polar surface area (TPSA) is 61.3 Å². The van der Waals surface area contributed by atoms with Gasteiger partial charge in [-0.15, -0.1) is 0 Å². The molecule has 2 aliphatic carbocycles. The van der Waals surface area contributed by atoms with E-state index in [0.29, 0.717) is 24.0 Å². The Labute approximate surface area is 163 Å². The van der Waals surface area contributed by atoms with Gasteiger partial charge in [0, 0.05) is 11.4 Å². The van der Waals surface area contributed by atoms with Crippen LogP contribution in [0.3, 0.4) is 0 Å². The third-order valence-corrected chi connectivity index (χ3v) is 6.39. The van der Waals surface area contributed by atoms with E-state index >= 15 is 0 Å². The molecule has 2 aromatic rings. The molecule has 0 spiro atoms. The van der Waals surface area contributed by atoms with Crippen LogP contribution in [0.2, 0.25) is 0 Å². The fourth-order valence-corrected chi connectivity index (χ4v) is 4.32. The Morgan fingerprint density at radius 3 is 1.48 bits per heavy atom. The lowest BCUT2D eigenvalue weighted by Crippen LogP contribution is -2.05. The summed E-state index contributed by atoms with van der Waals surface area (Å²) >= 11 is 0. The van der Waals surface area contributed by atoms with Gasteiger partial charge in [0.05, 0.1) is 12.2 Å². The van der Waals surface area contributed by atoms with Gasteiger partial charge in [0.15, 0.2) is 0 Å². The van der Waals surface area contributed by atoms with Crippen LogP contribution in [-0.4, -0.2) is 12.2 Å². The lowest BCUT2D eigenvalue weighted by Gasteiger charge is -2.13. The van der Waals surface area contributed by atoms with Gasteiger partial charge in [0.2, 0.25) is 0 Å². The molecule has 0 aromatic heterocycles. The summed E-state index contributed by atoms with van der Waals surface area (Å²) in [5, 5.41) is 0. The van der Waals surface area contributed by atoms with Gasteiger partial charge in [-0.2, -0.15) is 0 Å². The lowest BCUT2D eigenvalue weighted by atomic mass is 9.95. The summed E-state index contributed by atoms with van der Waals surface area (Å²) in [7, 11) is 0. The van der Waals surface area contributed by atoms with Crippen molar-refractivity contribution in [3.05, 3.63) is 59.7 Å². The highest BCUT2D eigenvalue weighted by atomic mass is 16.5. The zero-order chi connectivity index (χ0) is 19.0. The molecule has 0 aliphatic heterocycles.